The lowest BCUT2D eigenvalue weighted by atomic mass is 9.92. The summed E-state index contributed by atoms with van der Waals surface area (Å²) in [5.74, 6) is -2.13. The zero-order valence-electron chi connectivity index (χ0n) is 18.6. The van der Waals surface area contributed by atoms with E-state index in [9.17, 15) is 32.9 Å². The first-order valence-electron chi connectivity index (χ1n) is 9.92. The van der Waals surface area contributed by atoms with Crippen LogP contribution in [0.3, 0.4) is 0 Å². The number of nitrogens with one attached hydrogen (secondary N) is 1. The van der Waals surface area contributed by atoms with Gasteiger partial charge in [0.05, 0.1) is 21.9 Å². The molecule has 1 N–H and O–H groups in total. The van der Waals surface area contributed by atoms with Gasteiger partial charge in [-0.15, -0.1) is 0 Å². The summed E-state index contributed by atoms with van der Waals surface area (Å²) in [6.45, 7) is 5.62. The van der Waals surface area contributed by atoms with E-state index in [0.717, 1.165) is 24.3 Å². The fraction of sp³-hybridized carbons (Fsp3) is 0.273. The van der Waals surface area contributed by atoms with Crippen molar-refractivity contribution in [2.24, 2.45) is 7.05 Å². The molecule has 1 aromatic carbocycles. The molecule has 2 amide bonds. The first-order chi connectivity index (χ1) is 15.7. The molecule has 3 rings (SSSR count). The van der Waals surface area contributed by atoms with Crippen LogP contribution in [0.25, 0.3) is 11.3 Å². The molecule has 0 fully saturated rings. The van der Waals surface area contributed by atoms with Crippen molar-refractivity contribution >= 4 is 17.5 Å². The van der Waals surface area contributed by atoms with Crippen LogP contribution < -0.4 is 5.32 Å². The molecule has 0 bridgehead atoms. The second kappa shape index (κ2) is 8.69. The fourth-order valence-electron chi connectivity index (χ4n) is 3.14. The van der Waals surface area contributed by atoms with E-state index in [4.69, 9.17) is 0 Å². The first kappa shape index (κ1) is 24.6. The van der Waals surface area contributed by atoms with Gasteiger partial charge < -0.3 is 0 Å². The summed E-state index contributed by atoms with van der Waals surface area (Å²) >= 11 is 0. The monoisotopic (exact) mass is 475 g/mol. The van der Waals surface area contributed by atoms with E-state index in [1.54, 1.807) is 0 Å². The third kappa shape index (κ3) is 4.95. The van der Waals surface area contributed by atoms with Crippen LogP contribution in [0.5, 0.6) is 0 Å². The van der Waals surface area contributed by atoms with Crippen LogP contribution in [0.15, 0.2) is 42.5 Å². The van der Waals surface area contributed by atoms with E-state index in [0.29, 0.717) is 5.69 Å². The molecule has 0 radical (unpaired) electrons. The molecule has 2 heterocycles. The summed E-state index contributed by atoms with van der Waals surface area (Å²) < 4.78 is 41.5. The van der Waals surface area contributed by atoms with Crippen molar-refractivity contribution in [2.75, 3.05) is 0 Å². The molecule has 0 saturated heterocycles. The van der Waals surface area contributed by atoms with Crippen molar-refractivity contribution in [1.82, 2.24) is 20.1 Å². The van der Waals surface area contributed by atoms with Crippen molar-refractivity contribution in [3.63, 3.8) is 0 Å². The maximum absolute atomic E-state index is 13.4. The standard InChI is InChI=1S/C22H20F3N5O4/c1-21(2,3)17-11-16(29(4)28-17)19(31)27-20(32)18-15(30(33)34)10-9-14(26-18)12-7-5-6-8-13(12)22(23,24)25/h5-11H,1-4H3,(H,27,31,32). The quantitative estimate of drug-likeness (QED) is 0.342. The molecule has 0 aliphatic heterocycles. The lowest BCUT2D eigenvalue weighted by Crippen LogP contribution is -2.33. The van der Waals surface area contributed by atoms with Crippen LogP contribution in [0.2, 0.25) is 0 Å². The number of aromatic nitrogens is 3. The zero-order valence-corrected chi connectivity index (χ0v) is 18.6. The number of nitro groups is 1. The van der Waals surface area contributed by atoms with E-state index in [2.05, 4.69) is 10.1 Å². The van der Waals surface area contributed by atoms with Crippen molar-refractivity contribution in [3.05, 3.63) is 75.2 Å². The van der Waals surface area contributed by atoms with E-state index >= 15 is 0 Å². The minimum atomic E-state index is -4.72. The molecule has 0 spiro atoms. The summed E-state index contributed by atoms with van der Waals surface area (Å²) in [4.78, 5) is 39.8. The molecule has 3 aromatic rings. The molecule has 0 unspecified atom stereocenters. The topological polar surface area (TPSA) is 120 Å². The predicted octanol–water partition coefficient (Wildman–Crippen LogP) is 4.28. The molecule has 0 atom stereocenters. The average molecular weight is 475 g/mol. The van der Waals surface area contributed by atoms with Gasteiger partial charge in [-0.2, -0.15) is 18.3 Å². The number of carbonyl (C=O) groups is 2. The van der Waals surface area contributed by atoms with E-state index in [1.807, 2.05) is 26.1 Å². The molecular formula is C22H20F3N5O4. The number of hydrogen-bond acceptors (Lipinski definition) is 6. The van der Waals surface area contributed by atoms with E-state index in [-0.39, 0.29) is 22.4 Å². The van der Waals surface area contributed by atoms with Gasteiger partial charge in [-0.1, -0.05) is 39.0 Å². The van der Waals surface area contributed by atoms with Crippen LogP contribution in [0, 0.1) is 10.1 Å². The SMILES string of the molecule is Cn1nc(C(C)(C)C)cc1C(=O)NC(=O)c1nc(-c2ccccc2C(F)(F)F)ccc1[N+](=O)[O-]. The molecule has 34 heavy (non-hydrogen) atoms. The van der Waals surface area contributed by atoms with Crippen LogP contribution in [0.1, 0.15) is 53.0 Å². The second-order valence-corrected chi connectivity index (χ2v) is 8.44. The first-order valence-corrected chi connectivity index (χ1v) is 9.92. The number of benzene rings is 1. The normalized spacial score (nSPS) is 11.9. The highest BCUT2D eigenvalue weighted by Gasteiger charge is 2.34. The summed E-state index contributed by atoms with van der Waals surface area (Å²) in [6, 6.07) is 7.84. The molecule has 9 nitrogen and oxygen atoms in total. The maximum atomic E-state index is 13.4. The molecular weight excluding hydrogens is 455 g/mol. The van der Waals surface area contributed by atoms with Crippen LogP contribution >= 0.6 is 0 Å². The average Bonchev–Trinajstić information content (AvgIpc) is 3.15. The Bertz CT molecular complexity index is 1290. The Labute approximate surface area is 191 Å². The predicted molar refractivity (Wildman–Crippen MR) is 115 cm³/mol. The summed E-state index contributed by atoms with van der Waals surface area (Å²) in [7, 11) is 1.49. The Morgan fingerprint density at radius 1 is 1.06 bits per heavy atom. The lowest BCUT2D eigenvalue weighted by Gasteiger charge is -2.13. The number of rotatable bonds is 4. The molecule has 0 aliphatic carbocycles. The Morgan fingerprint density at radius 2 is 1.71 bits per heavy atom. The van der Waals surface area contributed by atoms with Gasteiger partial charge in [-0.25, -0.2) is 4.98 Å². The third-order valence-electron chi connectivity index (χ3n) is 4.90. The summed E-state index contributed by atoms with van der Waals surface area (Å²) in [5, 5.41) is 17.7. The van der Waals surface area contributed by atoms with Gasteiger partial charge in [0, 0.05) is 24.1 Å². The van der Waals surface area contributed by atoms with Gasteiger partial charge in [-0.3, -0.25) is 29.7 Å². The molecule has 2 aromatic heterocycles. The van der Waals surface area contributed by atoms with Crippen LogP contribution in [0.4, 0.5) is 18.9 Å². The van der Waals surface area contributed by atoms with E-state index in [1.165, 1.54) is 29.9 Å². The van der Waals surface area contributed by atoms with Crippen LogP contribution in [-0.2, 0) is 18.6 Å². The number of alkyl halides is 3. The van der Waals surface area contributed by atoms with Gasteiger partial charge in [0.1, 0.15) is 5.69 Å². The number of carbonyl (C=O) groups excluding carboxylic acids is 2. The minimum absolute atomic E-state index is 0.0134. The van der Waals surface area contributed by atoms with Gasteiger partial charge in [-0.05, 0) is 18.2 Å². The summed E-state index contributed by atoms with van der Waals surface area (Å²) in [5.41, 5.74) is -3.07. The highest BCUT2D eigenvalue weighted by molar-refractivity contribution is 6.10. The van der Waals surface area contributed by atoms with Gasteiger partial charge in [0.2, 0.25) is 5.69 Å². The zero-order chi connectivity index (χ0) is 25.4. The van der Waals surface area contributed by atoms with Crippen molar-refractivity contribution < 1.29 is 27.7 Å². The lowest BCUT2D eigenvalue weighted by molar-refractivity contribution is -0.385. The smallest absolute Gasteiger partial charge is 0.285 e. The van der Waals surface area contributed by atoms with Gasteiger partial charge in [0.15, 0.2) is 0 Å². The van der Waals surface area contributed by atoms with Gasteiger partial charge >= 0.3 is 11.9 Å². The number of aryl methyl sites for hydroxylation is 1. The number of pyridine rings is 1. The number of imide groups is 1. The highest BCUT2D eigenvalue weighted by Crippen LogP contribution is 2.37. The van der Waals surface area contributed by atoms with Gasteiger partial charge in [0.25, 0.3) is 11.8 Å². The largest absolute Gasteiger partial charge is 0.417 e. The number of halogens is 3. The van der Waals surface area contributed by atoms with E-state index < -0.39 is 39.9 Å². The third-order valence-corrected chi connectivity index (χ3v) is 4.90. The fourth-order valence-corrected chi connectivity index (χ4v) is 3.14. The van der Waals surface area contributed by atoms with Crippen LogP contribution in [-0.4, -0.2) is 31.5 Å². The van der Waals surface area contributed by atoms with Crippen molar-refractivity contribution in [1.29, 1.82) is 0 Å². The molecule has 12 heteroatoms. The summed E-state index contributed by atoms with van der Waals surface area (Å²) in [6.07, 6.45) is -4.72. The maximum Gasteiger partial charge on any atom is 0.417 e. The Hall–Kier alpha value is -4.09. The highest BCUT2D eigenvalue weighted by atomic mass is 19.4. The number of hydrogen-bond donors (Lipinski definition) is 1. The number of amides is 2. The van der Waals surface area contributed by atoms with Crippen molar-refractivity contribution in [2.45, 2.75) is 32.4 Å². The number of nitrogens with zero attached hydrogens (tertiary/aromatic N) is 4. The molecule has 0 aliphatic rings. The molecule has 0 saturated carbocycles. The minimum Gasteiger partial charge on any atom is -0.285 e. The second-order valence-electron chi connectivity index (χ2n) is 8.44. The Morgan fingerprint density at radius 3 is 2.26 bits per heavy atom. The van der Waals surface area contributed by atoms with Crippen molar-refractivity contribution in [3.8, 4) is 11.3 Å². The Kier molecular flexibility index (Phi) is 6.27. The molecule has 178 valence electrons. The Balaban J connectivity index is 2.01.